The first-order valence-electron chi connectivity index (χ1n) is 9.96. The predicted molar refractivity (Wildman–Crippen MR) is 110 cm³/mol. The number of hydrogen-bond donors (Lipinski definition) is 0. The minimum atomic E-state index is 0.190. The molecule has 0 amide bonds. The number of aryl methyl sites for hydroxylation is 2. The third-order valence-corrected chi connectivity index (χ3v) is 6.59. The van der Waals surface area contributed by atoms with Crippen LogP contribution < -0.4 is 5.56 Å². The minimum absolute atomic E-state index is 0.190. The molecule has 1 aliphatic carbocycles. The molecule has 2 aromatic heterocycles. The Bertz CT molecular complexity index is 804. The fourth-order valence-electron chi connectivity index (χ4n) is 3.82. The van der Waals surface area contributed by atoms with Gasteiger partial charge in [-0.3, -0.25) is 14.3 Å². The van der Waals surface area contributed by atoms with E-state index in [4.69, 9.17) is 4.98 Å². The van der Waals surface area contributed by atoms with Crippen molar-refractivity contribution in [3.05, 3.63) is 26.6 Å². The van der Waals surface area contributed by atoms with E-state index >= 15 is 0 Å². The van der Waals surface area contributed by atoms with Crippen molar-refractivity contribution in [1.29, 1.82) is 0 Å². The Balaban J connectivity index is 2.05. The summed E-state index contributed by atoms with van der Waals surface area (Å²) in [5.41, 5.74) is 1.49. The van der Waals surface area contributed by atoms with Crippen molar-refractivity contribution in [3.8, 4) is 0 Å². The van der Waals surface area contributed by atoms with Crippen LogP contribution in [-0.4, -0.2) is 53.1 Å². The van der Waals surface area contributed by atoms with Crippen molar-refractivity contribution in [3.63, 3.8) is 0 Å². The summed E-state index contributed by atoms with van der Waals surface area (Å²) in [5, 5.41) is 0.915. The lowest BCUT2D eigenvalue weighted by molar-refractivity contribution is 0.280. The van der Waals surface area contributed by atoms with E-state index in [-0.39, 0.29) is 5.56 Å². The first-order valence-corrected chi connectivity index (χ1v) is 10.8. The summed E-state index contributed by atoms with van der Waals surface area (Å²) in [7, 11) is 4.16. The predicted octanol–water partition coefficient (Wildman–Crippen LogP) is 3.13. The van der Waals surface area contributed by atoms with E-state index in [0.29, 0.717) is 0 Å². The second-order valence-electron chi connectivity index (χ2n) is 7.49. The van der Waals surface area contributed by atoms with E-state index in [1.807, 2.05) is 4.57 Å². The van der Waals surface area contributed by atoms with Crippen LogP contribution in [0.3, 0.4) is 0 Å². The van der Waals surface area contributed by atoms with E-state index in [9.17, 15) is 4.79 Å². The summed E-state index contributed by atoms with van der Waals surface area (Å²) < 4.78 is 1.96. The van der Waals surface area contributed by atoms with Crippen molar-refractivity contribution in [2.24, 2.45) is 0 Å². The molecule has 6 heteroatoms. The third kappa shape index (κ3) is 4.02. The van der Waals surface area contributed by atoms with Crippen LogP contribution in [0, 0.1) is 0 Å². The Kier molecular flexibility index (Phi) is 6.48. The molecule has 0 radical (unpaired) electrons. The van der Waals surface area contributed by atoms with Gasteiger partial charge in [-0.05, 0) is 71.4 Å². The van der Waals surface area contributed by atoms with Crippen molar-refractivity contribution in [2.45, 2.75) is 59.0 Å². The molecule has 0 N–H and O–H groups in total. The molecule has 0 unspecified atom stereocenters. The van der Waals surface area contributed by atoms with Gasteiger partial charge in [0.2, 0.25) is 0 Å². The Hall–Kier alpha value is -1.24. The van der Waals surface area contributed by atoms with Gasteiger partial charge in [-0.15, -0.1) is 11.3 Å². The molecule has 0 saturated carbocycles. The van der Waals surface area contributed by atoms with Crippen LogP contribution in [-0.2, 0) is 25.9 Å². The summed E-state index contributed by atoms with van der Waals surface area (Å²) >= 11 is 1.76. The van der Waals surface area contributed by atoms with E-state index in [2.05, 4.69) is 37.7 Å². The number of fused-ring (bicyclic) bond motifs is 3. The normalized spacial score (nSPS) is 14.5. The Labute approximate surface area is 160 Å². The van der Waals surface area contributed by atoms with Crippen LogP contribution in [0.25, 0.3) is 10.2 Å². The first kappa shape index (κ1) is 19.5. The molecule has 1 aliphatic rings. The van der Waals surface area contributed by atoms with Gasteiger partial charge < -0.3 is 4.90 Å². The van der Waals surface area contributed by atoms with Crippen molar-refractivity contribution < 1.29 is 0 Å². The molecular formula is C20H32N4OS. The van der Waals surface area contributed by atoms with Crippen LogP contribution in [0.15, 0.2) is 4.79 Å². The fourth-order valence-corrected chi connectivity index (χ4v) is 5.09. The molecule has 0 fully saturated rings. The highest BCUT2D eigenvalue weighted by Crippen LogP contribution is 2.33. The van der Waals surface area contributed by atoms with Crippen LogP contribution in [0.2, 0.25) is 0 Å². The van der Waals surface area contributed by atoms with Crippen LogP contribution in [0.1, 0.15) is 49.4 Å². The summed E-state index contributed by atoms with van der Waals surface area (Å²) in [6.45, 7) is 8.77. The van der Waals surface area contributed by atoms with E-state index < -0.39 is 0 Å². The summed E-state index contributed by atoms with van der Waals surface area (Å²) in [6, 6.07) is 0. The average molecular weight is 377 g/mol. The van der Waals surface area contributed by atoms with Crippen LogP contribution in [0.5, 0.6) is 0 Å². The largest absolute Gasteiger partial charge is 0.309 e. The van der Waals surface area contributed by atoms with Gasteiger partial charge in [0, 0.05) is 11.4 Å². The molecule has 3 rings (SSSR count). The molecule has 0 spiro atoms. The van der Waals surface area contributed by atoms with Crippen molar-refractivity contribution >= 4 is 21.6 Å². The molecule has 0 aliphatic heterocycles. The highest BCUT2D eigenvalue weighted by Gasteiger charge is 2.22. The number of aromatic nitrogens is 2. The molecule has 5 nitrogen and oxygen atoms in total. The number of hydrogen-bond acceptors (Lipinski definition) is 5. The van der Waals surface area contributed by atoms with Crippen molar-refractivity contribution in [2.75, 3.05) is 33.7 Å². The smallest absolute Gasteiger partial charge is 0.262 e. The first-order chi connectivity index (χ1) is 12.5. The molecular weight excluding hydrogens is 344 g/mol. The zero-order valence-electron chi connectivity index (χ0n) is 16.7. The number of rotatable bonds is 8. The lowest BCUT2D eigenvalue weighted by Gasteiger charge is -2.21. The van der Waals surface area contributed by atoms with Gasteiger partial charge in [-0.2, -0.15) is 0 Å². The van der Waals surface area contributed by atoms with Gasteiger partial charge in [0.25, 0.3) is 5.56 Å². The summed E-state index contributed by atoms with van der Waals surface area (Å²) in [5.74, 6) is 0.934. The van der Waals surface area contributed by atoms with Gasteiger partial charge in [0.1, 0.15) is 10.7 Å². The maximum atomic E-state index is 13.4. The zero-order valence-corrected chi connectivity index (χ0v) is 17.5. The van der Waals surface area contributed by atoms with Gasteiger partial charge in [-0.1, -0.05) is 13.8 Å². The van der Waals surface area contributed by atoms with Crippen molar-refractivity contribution in [1.82, 2.24) is 19.4 Å². The molecule has 26 heavy (non-hydrogen) atoms. The monoisotopic (exact) mass is 376 g/mol. The SMILES string of the molecule is CCN(CC)Cc1nc2sc3c(c2c(=O)n1CCCN(C)C)CCCC3. The number of nitrogens with zero attached hydrogens (tertiary/aromatic N) is 4. The Morgan fingerprint density at radius 2 is 1.88 bits per heavy atom. The second kappa shape index (κ2) is 8.63. The van der Waals surface area contributed by atoms with E-state index in [1.165, 1.54) is 23.3 Å². The van der Waals surface area contributed by atoms with Gasteiger partial charge in [0.15, 0.2) is 0 Å². The second-order valence-corrected chi connectivity index (χ2v) is 8.58. The maximum Gasteiger partial charge on any atom is 0.262 e. The van der Waals surface area contributed by atoms with Gasteiger partial charge >= 0.3 is 0 Å². The van der Waals surface area contributed by atoms with E-state index in [0.717, 1.165) is 68.0 Å². The van der Waals surface area contributed by atoms with Crippen LogP contribution >= 0.6 is 11.3 Å². The minimum Gasteiger partial charge on any atom is -0.309 e. The fraction of sp³-hybridized carbons (Fsp3) is 0.700. The summed E-state index contributed by atoms with van der Waals surface area (Å²) in [6.07, 6.45) is 5.56. The molecule has 2 aromatic rings. The van der Waals surface area contributed by atoms with Gasteiger partial charge in [-0.25, -0.2) is 4.98 Å². The molecule has 0 saturated heterocycles. The molecule has 144 valence electrons. The highest BCUT2D eigenvalue weighted by molar-refractivity contribution is 7.18. The lowest BCUT2D eigenvalue weighted by atomic mass is 9.97. The van der Waals surface area contributed by atoms with Gasteiger partial charge in [0.05, 0.1) is 11.9 Å². The average Bonchev–Trinajstić information content (AvgIpc) is 3.00. The standard InChI is InChI=1S/C20H32N4OS/c1-5-23(6-2)14-17-21-19-18(15-10-7-8-11-16(15)26-19)20(25)24(17)13-9-12-22(3)4/h5-14H2,1-4H3. The lowest BCUT2D eigenvalue weighted by Crippen LogP contribution is -2.32. The molecule has 0 bridgehead atoms. The Morgan fingerprint density at radius 3 is 2.58 bits per heavy atom. The summed E-state index contributed by atoms with van der Waals surface area (Å²) in [4.78, 5) is 25.3. The maximum absolute atomic E-state index is 13.4. The Morgan fingerprint density at radius 1 is 1.15 bits per heavy atom. The third-order valence-electron chi connectivity index (χ3n) is 5.40. The molecule has 0 atom stereocenters. The van der Waals surface area contributed by atoms with E-state index in [1.54, 1.807) is 11.3 Å². The molecule has 2 heterocycles. The zero-order chi connectivity index (χ0) is 18.7. The number of thiophene rings is 1. The van der Waals surface area contributed by atoms with Crippen LogP contribution in [0.4, 0.5) is 0 Å². The quantitative estimate of drug-likeness (QED) is 0.710. The topological polar surface area (TPSA) is 41.4 Å². The molecule has 0 aromatic carbocycles. The highest BCUT2D eigenvalue weighted by atomic mass is 32.1.